The summed E-state index contributed by atoms with van der Waals surface area (Å²) in [5, 5.41) is 3.14. The lowest BCUT2D eigenvalue weighted by Crippen LogP contribution is -2.32. The van der Waals surface area contributed by atoms with Crippen LogP contribution >= 0.6 is 24.0 Å². The van der Waals surface area contributed by atoms with Crippen LogP contribution in [0.2, 0.25) is 0 Å². The number of nitrogens with zero attached hydrogens (tertiary/aromatic N) is 1. The number of aryl methyl sites for hydroxylation is 1. The van der Waals surface area contributed by atoms with E-state index in [9.17, 15) is 0 Å². The van der Waals surface area contributed by atoms with Gasteiger partial charge in [0.15, 0.2) is 5.96 Å². The average Bonchev–Trinajstić information content (AvgIpc) is 2.50. The normalized spacial score (nSPS) is 11.3. The van der Waals surface area contributed by atoms with Crippen molar-refractivity contribution in [1.82, 2.24) is 5.32 Å². The predicted octanol–water partition coefficient (Wildman–Crippen LogP) is 3.48. The second-order valence-corrected chi connectivity index (χ2v) is 5.97. The standard InChI is InChI=1S/C18H31N3O2.HI/c1-5-22-10-11-23-17-12-15(4)6-7-16(17)13-21-18(19)20-9-8-14(2)3;/h6-7,12,14H,5,8-11,13H2,1-4H3,(H3,19,20,21);1H. The quantitative estimate of drug-likeness (QED) is 0.249. The van der Waals surface area contributed by atoms with Gasteiger partial charge in [-0.15, -0.1) is 24.0 Å². The average molecular weight is 449 g/mol. The molecule has 3 N–H and O–H groups in total. The van der Waals surface area contributed by atoms with E-state index < -0.39 is 0 Å². The molecule has 0 fully saturated rings. The largest absolute Gasteiger partial charge is 0.491 e. The Morgan fingerprint density at radius 3 is 2.71 bits per heavy atom. The lowest BCUT2D eigenvalue weighted by Gasteiger charge is -2.12. The number of rotatable bonds is 10. The lowest BCUT2D eigenvalue weighted by molar-refractivity contribution is 0.110. The molecule has 138 valence electrons. The highest BCUT2D eigenvalue weighted by atomic mass is 127. The molecule has 0 saturated heterocycles. The smallest absolute Gasteiger partial charge is 0.188 e. The van der Waals surface area contributed by atoms with E-state index in [1.54, 1.807) is 0 Å². The summed E-state index contributed by atoms with van der Waals surface area (Å²) in [6.45, 7) is 11.6. The minimum atomic E-state index is 0. The van der Waals surface area contributed by atoms with Gasteiger partial charge in [0, 0.05) is 18.7 Å². The van der Waals surface area contributed by atoms with Gasteiger partial charge < -0.3 is 20.5 Å². The Bertz CT molecular complexity index is 493. The summed E-state index contributed by atoms with van der Waals surface area (Å²) in [5.41, 5.74) is 8.09. The van der Waals surface area contributed by atoms with Crippen LogP contribution in [-0.4, -0.2) is 32.3 Å². The van der Waals surface area contributed by atoms with Gasteiger partial charge in [-0.2, -0.15) is 0 Å². The molecule has 24 heavy (non-hydrogen) atoms. The number of benzene rings is 1. The van der Waals surface area contributed by atoms with Crippen LogP contribution in [-0.2, 0) is 11.3 Å². The maximum absolute atomic E-state index is 5.91. The first kappa shape index (κ1) is 23.0. The molecule has 0 aromatic heterocycles. The first-order valence-electron chi connectivity index (χ1n) is 8.36. The van der Waals surface area contributed by atoms with Gasteiger partial charge in [0.05, 0.1) is 13.2 Å². The Morgan fingerprint density at radius 1 is 1.29 bits per heavy atom. The van der Waals surface area contributed by atoms with Gasteiger partial charge in [-0.3, -0.25) is 0 Å². The van der Waals surface area contributed by atoms with Crippen molar-refractivity contribution >= 4 is 29.9 Å². The highest BCUT2D eigenvalue weighted by molar-refractivity contribution is 14.0. The van der Waals surface area contributed by atoms with Crippen LogP contribution in [0, 0.1) is 12.8 Å². The van der Waals surface area contributed by atoms with E-state index in [1.807, 2.05) is 26.0 Å². The summed E-state index contributed by atoms with van der Waals surface area (Å²) in [6, 6.07) is 6.12. The molecule has 0 aliphatic rings. The van der Waals surface area contributed by atoms with Gasteiger partial charge in [0.1, 0.15) is 12.4 Å². The fourth-order valence-electron chi connectivity index (χ4n) is 2.00. The predicted molar refractivity (Wildman–Crippen MR) is 111 cm³/mol. The molecule has 1 rings (SSSR count). The van der Waals surface area contributed by atoms with Crippen LogP contribution in [0.1, 0.15) is 38.3 Å². The fraction of sp³-hybridized carbons (Fsp3) is 0.611. The van der Waals surface area contributed by atoms with E-state index in [0.717, 1.165) is 29.8 Å². The number of hydrogen-bond donors (Lipinski definition) is 2. The Labute approximate surface area is 163 Å². The molecule has 0 radical (unpaired) electrons. The van der Waals surface area contributed by atoms with Gasteiger partial charge in [0.2, 0.25) is 0 Å². The van der Waals surface area contributed by atoms with Crippen LogP contribution in [0.3, 0.4) is 0 Å². The molecule has 0 spiro atoms. The minimum absolute atomic E-state index is 0. The zero-order valence-electron chi connectivity index (χ0n) is 15.3. The number of hydrogen-bond acceptors (Lipinski definition) is 3. The van der Waals surface area contributed by atoms with Gasteiger partial charge >= 0.3 is 0 Å². The Balaban J connectivity index is 0.00000529. The van der Waals surface area contributed by atoms with Gasteiger partial charge in [0.25, 0.3) is 0 Å². The molecule has 1 aromatic rings. The maximum atomic E-state index is 5.91. The van der Waals surface area contributed by atoms with Crippen molar-refractivity contribution in [3.8, 4) is 5.75 Å². The zero-order chi connectivity index (χ0) is 17.1. The van der Waals surface area contributed by atoms with Gasteiger partial charge in [-0.1, -0.05) is 26.0 Å². The summed E-state index contributed by atoms with van der Waals surface area (Å²) in [6.07, 6.45) is 1.08. The molecule has 0 bridgehead atoms. The van der Waals surface area contributed by atoms with Gasteiger partial charge in [-0.25, -0.2) is 4.99 Å². The number of nitrogens with two attached hydrogens (primary N) is 1. The molecule has 6 heteroatoms. The first-order chi connectivity index (χ1) is 11.0. The number of halogens is 1. The van der Waals surface area contributed by atoms with Crippen molar-refractivity contribution in [2.75, 3.05) is 26.4 Å². The molecule has 0 saturated carbocycles. The highest BCUT2D eigenvalue weighted by Gasteiger charge is 2.04. The van der Waals surface area contributed by atoms with Crippen molar-refractivity contribution in [3.05, 3.63) is 29.3 Å². The van der Waals surface area contributed by atoms with Crippen molar-refractivity contribution in [2.24, 2.45) is 16.6 Å². The topological polar surface area (TPSA) is 68.9 Å². The summed E-state index contributed by atoms with van der Waals surface area (Å²) in [4.78, 5) is 4.40. The molecular formula is C18H32IN3O2. The summed E-state index contributed by atoms with van der Waals surface area (Å²) < 4.78 is 11.1. The van der Waals surface area contributed by atoms with Crippen LogP contribution in [0.15, 0.2) is 23.2 Å². The Kier molecular flexibility index (Phi) is 12.7. The van der Waals surface area contributed by atoms with Crippen molar-refractivity contribution in [3.63, 3.8) is 0 Å². The van der Waals surface area contributed by atoms with E-state index in [1.165, 1.54) is 0 Å². The first-order valence-corrected chi connectivity index (χ1v) is 8.36. The monoisotopic (exact) mass is 449 g/mol. The van der Waals surface area contributed by atoms with E-state index in [0.29, 0.717) is 38.2 Å². The third-order valence-corrected chi connectivity index (χ3v) is 3.36. The Morgan fingerprint density at radius 2 is 2.04 bits per heavy atom. The molecule has 5 nitrogen and oxygen atoms in total. The van der Waals surface area contributed by atoms with E-state index in [2.05, 4.69) is 30.2 Å². The lowest BCUT2D eigenvalue weighted by atomic mass is 10.1. The molecule has 0 atom stereocenters. The molecule has 1 aromatic carbocycles. The second kappa shape index (κ2) is 13.3. The molecule has 0 aliphatic heterocycles. The van der Waals surface area contributed by atoms with Crippen molar-refractivity contribution < 1.29 is 9.47 Å². The SMILES string of the molecule is CCOCCOc1cc(C)ccc1CN=C(N)NCCC(C)C.I. The molecule has 0 amide bonds. The molecule has 0 heterocycles. The fourth-order valence-corrected chi connectivity index (χ4v) is 2.00. The number of nitrogens with one attached hydrogen (secondary N) is 1. The second-order valence-electron chi connectivity index (χ2n) is 5.97. The number of aliphatic imine (C=N–C) groups is 1. The van der Waals surface area contributed by atoms with E-state index in [-0.39, 0.29) is 24.0 Å². The summed E-state index contributed by atoms with van der Waals surface area (Å²) in [5.74, 6) is 1.98. The number of ether oxygens (including phenoxy) is 2. The molecule has 0 unspecified atom stereocenters. The van der Waals surface area contributed by atoms with Crippen molar-refractivity contribution in [1.29, 1.82) is 0 Å². The summed E-state index contributed by atoms with van der Waals surface area (Å²) in [7, 11) is 0. The highest BCUT2D eigenvalue weighted by Crippen LogP contribution is 2.21. The third kappa shape index (κ3) is 9.97. The third-order valence-electron chi connectivity index (χ3n) is 3.36. The van der Waals surface area contributed by atoms with Crippen LogP contribution in [0.4, 0.5) is 0 Å². The Hall–Kier alpha value is -1.02. The van der Waals surface area contributed by atoms with Crippen LogP contribution < -0.4 is 15.8 Å². The zero-order valence-corrected chi connectivity index (χ0v) is 17.6. The maximum Gasteiger partial charge on any atom is 0.188 e. The molecular weight excluding hydrogens is 417 g/mol. The van der Waals surface area contributed by atoms with Gasteiger partial charge in [-0.05, 0) is 37.8 Å². The van der Waals surface area contributed by atoms with Crippen LogP contribution in [0.25, 0.3) is 0 Å². The van der Waals surface area contributed by atoms with Crippen LogP contribution in [0.5, 0.6) is 5.75 Å². The number of guanidine groups is 1. The van der Waals surface area contributed by atoms with Crippen molar-refractivity contribution in [2.45, 2.75) is 40.7 Å². The van der Waals surface area contributed by atoms with E-state index >= 15 is 0 Å². The molecule has 0 aliphatic carbocycles. The minimum Gasteiger partial charge on any atom is -0.491 e. The van der Waals surface area contributed by atoms with E-state index in [4.69, 9.17) is 15.2 Å². The summed E-state index contributed by atoms with van der Waals surface area (Å²) >= 11 is 0.